The van der Waals surface area contributed by atoms with E-state index in [0.29, 0.717) is 24.6 Å². The van der Waals surface area contributed by atoms with E-state index in [-0.39, 0.29) is 5.91 Å². The van der Waals surface area contributed by atoms with Gasteiger partial charge in [-0.1, -0.05) is 12.2 Å². The van der Waals surface area contributed by atoms with Gasteiger partial charge < -0.3 is 15.1 Å². The fraction of sp³-hybridized carbons (Fsp3) is 0.364. The third-order valence-corrected chi connectivity index (χ3v) is 1.93. The number of carbonyl (C=O) groups excluding carboxylic acids is 1. The average Bonchev–Trinajstić information content (AvgIpc) is 2.63. The molecule has 0 aromatic carbocycles. The summed E-state index contributed by atoms with van der Waals surface area (Å²) in [7, 11) is 1.71. The minimum absolute atomic E-state index is 0.155. The van der Waals surface area contributed by atoms with Crippen molar-refractivity contribution in [3.63, 3.8) is 0 Å². The molecule has 0 bridgehead atoms. The highest BCUT2D eigenvalue weighted by atomic mass is 16.4. The van der Waals surface area contributed by atoms with E-state index in [1.807, 2.05) is 6.92 Å². The van der Waals surface area contributed by atoms with Crippen LogP contribution in [-0.4, -0.2) is 24.4 Å². The molecule has 0 fully saturated rings. The van der Waals surface area contributed by atoms with Gasteiger partial charge in [0.25, 0.3) is 5.91 Å². The summed E-state index contributed by atoms with van der Waals surface area (Å²) in [6.07, 6.45) is 0. The van der Waals surface area contributed by atoms with Gasteiger partial charge in [0.2, 0.25) is 0 Å². The lowest BCUT2D eigenvalue weighted by Crippen LogP contribution is -2.27. The largest absolute Gasteiger partial charge is 0.455 e. The molecule has 2 N–H and O–H groups in total. The molecule has 0 aliphatic rings. The van der Waals surface area contributed by atoms with Crippen LogP contribution >= 0.6 is 0 Å². The van der Waals surface area contributed by atoms with E-state index >= 15 is 0 Å². The SMILES string of the molecule is C=C(C)CN(C)C(=O)c1ccc(CN)o1. The van der Waals surface area contributed by atoms with Gasteiger partial charge in [-0.25, -0.2) is 0 Å². The lowest BCUT2D eigenvalue weighted by Gasteiger charge is -2.15. The van der Waals surface area contributed by atoms with Gasteiger partial charge in [0, 0.05) is 13.6 Å². The monoisotopic (exact) mass is 208 g/mol. The van der Waals surface area contributed by atoms with Crippen LogP contribution in [0.3, 0.4) is 0 Å². The van der Waals surface area contributed by atoms with Crippen molar-refractivity contribution in [3.8, 4) is 0 Å². The molecule has 0 saturated carbocycles. The van der Waals surface area contributed by atoms with Crippen LogP contribution in [0.5, 0.6) is 0 Å². The molecule has 82 valence electrons. The summed E-state index contributed by atoms with van der Waals surface area (Å²) >= 11 is 0. The average molecular weight is 208 g/mol. The summed E-state index contributed by atoms with van der Waals surface area (Å²) in [4.78, 5) is 13.3. The number of hydrogen-bond acceptors (Lipinski definition) is 3. The van der Waals surface area contributed by atoms with E-state index in [1.165, 1.54) is 0 Å². The zero-order valence-corrected chi connectivity index (χ0v) is 9.12. The molecular weight excluding hydrogens is 192 g/mol. The smallest absolute Gasteiger partial charge is 0.289 e. The first-order chi connectivity index (χ1) is 7.04. The Morgan fingerprint density at radius 1 is 1.60 bits per heavy atom. The van der Waals surface area contributed by atoms with Crippen molar-refractivity contribution >= 4 is 5.91 Å². The Hall–Kier alpha value is -1.55. The maximum atomic E-state index is 11.8. The number of amides is 1. The van der Waals surface area contributed by atoms with Crippen LogP contribution in [0.1, 0.15) is 23.2 Å². The molecule has 4 heteroatoms. The van der Waals surface area contributed by atoms with Crippen LogP contribution in [-0.2, 0) is 6.54 Å². The van der Waals surface area contributed by atoms with Crippen LogP contribution in [0.15, 0.2) is 28.7 Å². The van der Waals surface area contributed by atoms with Crippen molar-refractivity contribution in [1.82, 2.24) is 4.90 Å². The molecule has 1 rings (SSSR count). The van der Waals surface area contributed by atoms with Crippen molar-refractivity contribution in [1.29, 1.82) is 0 Å². The molecule has 0 aliphatic heterocycles. The Bertz CT molecular complexity index is 368. The maximum absolute atomic E-state index is 11.8. The van der Waals surface area contributed by atoms with Gasteiger partial charge >= 0.3 is 0 Å². The van der Waals surface area contributed by atoms with Crippen molar-refractivity contribution in [2.24, 2.45) is 5.73 Å². The van der Waals surface area contributed by atoms with E-state index in [0.717, 1.165) is 5.57 Å². The Balaban J connectivity index is 2.71. The minimum Gasteiger partial charge on any atom is -0.455 e. The van der Waals surface area contributed by atoms with Crippen LogP contribution < -0.4 is 5.73 Å². The predicted octanol–water partition coefficient (Wildman–Crippen LogP) is 1.39. The normalized spacial score (nSPS) is 10.1. The molecule has 1 aromatic heterocycles. The van der Waals surface area contributed by atoms with Crippen molar-refractivity contribution in [3.05, 3.63) is 35.8 Å². The molecule has 0 spiro atoms. The molecule has 4 nitrogen and oxygen atoms in total. The summed E-state index contributed by atoms with van der Waals surface area (Å²) in [5.41, 5.74) is 6.31. The molecule has 15 heavy (non-hydrogen) atoms. The summed E-state index contributed by atoms with van der Waals surface area (Å²) in [5, 5.41) is 0. The standard InChI is InChI=1S/C11H16N2O2/c1-8(2)7-13(3)11(14)10-5-4-9(6-12)15-10/h4-5H,1,6-7,12H2,2-3H3. The molecule has 0 radical (unpaired) electrons. The van der Waals surface area contributed by atoms with Crippen LogP contribution in [0, 0.1) is 0 Å². The van der Waals surface area contributed by atoms with Gasteiger partial charge in [-0.15, -0.1) is 0 Å². The Kier molecular flexibility index (Phi) is 3.68. The molecule has 0 aliphatic carbocycles. The zero-order chi connectivity index (χ0) is 11.4. The Labute approximate surface area is 89.4 Å². The summed E-state index contributed by atoms with van der Waals surface area (Å²) in [6, 6.07) is 3.35. The first kappa shape index (κ1) is 11.5. The second kappa shape index (κ2) is 4.79. The quantitative estimate of drug-likeness (QED) is 0.760. The minimum atomic E-state index is -0.155. The number of carbonyl (C=O) groups is 1. The fourth-order valence-corrected chi connectivity index (χ4v) is 1.27. The summed E-state index contributed by atoms with van der Waals surface area (Å²) < 4.78 is 5.25. The molecule has 1 amide bonds. The van der Waals surface area contributed by atoms with Crippen molar-refractivity contribution in [2.45, 2.75) is 13.5 Å². The second-order valence-corrected chi connectivity index (χ2v) is 3.59. The van der Waals surface area contributed by atoms with Crippen LogP contribution in [0.4, 0.5) is 0 Å². The molecule has 1 aromatic rings. The molecule has 1 heterocycles. The van der Waals surface area contributed by atoms with Gasteiger partial charge in [-0.05, 0) is 19.1 Å². The highest BCUT2D eigenvalue weighted by Crippen LogP contribution is 2.10. The molecular formula is C11H16N2O2. The highest BCUT2D eigenvalue weighted by molar-refractivity contribution is 5.91. The number of rotatable bonds is 4. The number of likely N-dealkylation sites (N-methyl/N-ethyl adjacent to an activating group) is 1. The lowest BCUT2D eigenvalue weighted by molar-refractivity contribution is 0.0774. The number of nitrogens with zero attached hydrogens (tertiary/aromatic N) is 1. The second-order valence-electron chi connectivity index (χ2n) is 3.59. The maximum Gasteiger partial charge on any atom is 0.289 e. The lowest BCUT2D eigenvalue weighted by atomic mass is 10.3. The van der Waals surface area contributed by atoms with Gasteiger partial charge in [0.1, 0.15) is 5.76 Å². The van der Waals surface area contributed by atoms with Gasteiger partial charge in [-0.2, -0.15) is 0 Å². The first-order valence-corrected chi connectivity index (χ1v) is 4.73. The van der Waals surface area contributed by atoms with Gasteiger partial charge in [0.15, 0.2) is 5.76 Å². The van der Waals surface area contributed by atoms with Crippen LogP contribution in [0.2, 0.25) is 0 Å². The number of hydrogen-bond donors (Lipinski definition) is 1. The predicted molar refractivity (Wildman–Crippen MR) is 58.4 cm³/mol. The van der Waals surface area contributed by atoms with E-state index < -0.39 is 0 Å². The van der Waals surface area contributed by atoms with E-state index in [4.69, 9.17) is 10.2 Å². The molecule has 0 saturated heterocycles. The number of nitrogens with two attached hydrogens (primary N) is 1. The van der Waals surface area contributed by atoms with Crippen molar-refractivity contribution < 1.29 is 9.21 Å². The Morgan fingerprint density at radius 3 is 2.73 bits per heavy atom. The summed E-state index contributed by atoms with van der Waals surface area (Å²) in [6.45, 7) is 6.45. The Morgan fingerprint density at radius 2 is 2.27 bits per heavy atom. The number of furan rings is 1. The van der Waals surface area contributed by atoms with Crippen LogP contribution in [0.25, 0.3) is 0 Å². The topological polar surface area (TPSA) is 59.5 Å². The van der Waals surface area contributed by atoms with Crippen molar-refractivity contribution in [2.75, 3.05) is 13.6 Å². The third kappa shape index (κ3) is 2.95. The van der Waals surface area contributed by atoms with Gasteiger partial charge in [-0.3, -0.25) is 4.79 Å². The fourth-order valence-electron chi connectivity index (χ4n) is 1.27. The first-order valence-electron chi connectivity index (χ1n) is 4.73. The third-order valence-electron chi connectivity index (χ3n) is 1.93. The van der Waals surface area contributed by atoms with E-state index in [2.05, 4.69) is 6.58 Å². The van der Waals surface area contributed by atoms with E-state index in [9.17, 15) is 4.79 Å². The zero-order valence-electron chi connectivity index (χ0n) is 9.12. The van der Waals surface area contributed by atoms with Gasteiger partial charge in [0.05, 0.1) is 6.54 Å². The highest BCUT2D eigenvalue weighted by Gasteiger charge is 2.15. The molecule has 0 unspecified atom stereocenters. The molecule has 0 atom stereocenters. The van der Waals surface area contributed by atoms with E-state index in [1.54, 1.807) is 24.1 Å². The summed E-state index contributed by atoms with van der Waals surface area (Å²) in [5.74, 6) is 0.777.